The summed E-state index contributed by atoms with van der Waals surface area (Å²) in [5.41, 5.74) is 0.865. The number of pyridine rings is 1. The third-order valence-electron chi connectivity index (χ3n) is 4.97. The Kier molecular flexibility index (Phi) is 4.19. The van der Waals surface area contributed by atoms with Gasteiger partial charge in [-0.1, -0.05) is 49.6 Å². The zero-order chi connectivity index (χ0) is 16.7. The highest BCUT2D eigenvalue weighted by atomic mass is 35.5. The van der Waals surface area contributed by atoms with Crippen LogP contribution in [0.3, 0.4) is 0 Å². The normalized spacial score (nSPS) is 21.2. The van der Waals surface area contributed by atoms with Crippen molar-refractivity contribution < 1.29 is 4.79 Å². The van der Waals surface area contributed by atoms with Gasteiger partial charge in [-0.15, -0.1) is 11.3 Å². The highest BCUT2D eigenvalue weighted by molar-refractivity contribution is 7.21. The van der Waals surface area contributed by atoms with Crippen LogP contribution in [0.5, 0.6) is 0 Å². The number of amides is 1. The summed E-state index contributed by atoms with van der Waals surface area (Å²) in [5, 5.41) is 5.60. The van der Waals surface area contributed by atoms with Crippen LogP contribution < -0.4 is 5.32 Å². The zero-order valence-corrected chi connectivity index (χ0v) is 15.1. The van der Waals surface area contributed by atoms with E-state index in [1.165, 1.54) is 30.6 Å². The molecule has 124 valence electrons. The van der Waals surface area contributed by atoms with Gasteiger partial charge < -0.3 is 5.32 Å². The Bertz CT molecular complexity index is 920. The Balaban J connectivity index is 1.70. The van der Waals surface area contributed by atoms with E-state index in [0.717, 1.165) is 27.4 Å². The number of rotatable bonds is 2. The second-order valence-electron chi connectivity index (χ2n) is 6.61. The summed E-state index contributed by atoms with van der Waals surface area (Å²) in [7, 11) is 0. The van der Waals surface area contributed by atoms with Gasteiger partial charge in [0, 0.05) is 21.5 Å². The Morgan fingerprint density at radius 3 is 2.88 bits per heavy atom. The molecule has 2 aromatic heterocycles. The molecule has 2 heterocycles. The van der Waals surface area contributed by atoms with Crippen LogP contribution in [0.2, 0.25) is 5.15 Å². The van der Waals surface area contributed by atoms with Crippen LogP contribution in [0.4, 0.5) is 0 Å². The van der Waals surface area contributed by atoms with Crippen LogP contribution in [-0.4, -0.2) is 16.9 Å². The van der Waals surface area contributed by atoms with Gasteiger partial charge in [0.1, 0.15) is 5.15 Å². The summed E-state index contributed by atoms with van der Waals surface area (Å²) in [6.07, 6.45) is 4.73. The number of halogens is 1. The number of benzene rings is 1. The van der Waals surface area contributed by atoms with Crippen molar-refractivity contribution in [1.82, 2.24) is 10.3 Å². The molecule has 24 heavy (non-hydrogen) atoms. The molecule has 1 amide bonds. The predicted octanol–water partition coefficient (Wildman–Crippen LogP) is 5.41. The first kappa shape index (κ1) is 15.9. The molecule has 4 rings (SSSR count). The number of fused-ring (bicyclic) bond motifs is 3. The molecular weight excluding hydrogens is 340 g/mol. The maximum atomic E-state index is 12.7. The van der Waals surface area contributed by atoms with Crippen molar-refractivity contribution in [2.75, 3.05) is 0 Å². The lowest BCUT2D eigenvalue weighted by Gasteiger charge is -2.29. The number of nitrogens with zero attached hydrogens (tertiary/aromatic N) is 1. The summed E-state index contributed by atoms with van der Waals surface area (Å²) in [4.78, 5) is 17.9. The fourth-order valence-electron chi connectivity index (χ4n) is 3.56. The van der Waals surface area contributed by atoms with Crippen LogP contribution in [-0.2, 0) is 0 Å². The van der Waals surface area contributed by atoms with Crippen molar-refractivity contribution in [2.24, 2.45) is 5.92 Å². The number of carbonyl (C=O) groups excluding carboxylic acids is 1. The molecule has 0 saturated heterocycles. The van der Waals surface area contributed by atoms with E-state index in [4.69, 9.17) is 11.6 Å². The van der Waals surface area contributed by atoms with Gasteiger partial charge in [-0.2, -0.15) is 0 Å². The smallest absolute Gasteiger partial charge is 0.261 e. The first-order chi connectivity index (χ1) is 11.6. The summed E-state index contributed by atoms with van der Waals surface area (Å²) in [6, 6.07) is 10.1. The first-order valence-corrected chi connectivity index (χ1v) is 9.61. The molecule has 1 N–H and O–H groups in total. The molecule has 1 aliphatic carbocycles. The maximum Gasteiger partial charge on any atom is 0.261 e. The molecule has 1 fully saturated rings. The summed E-state index contributed by atoms with van der Waals surface area (Å²) >= 11 is 7.84. The van der Waals surface area contributed by atoms with E-state index in [1.807, 2.05) is 30.3 Å². The Morgan fingerprint density at radius 2 is 2.04 bits per heavy atom. The third kappa shape index (κ3) is 2.78. The van der Waals surface area contributed by atoms with E-state index >= 15 is 0 Å². The average molecular weight is 359 g/mol. The largest absolute Gasteiger partial charge is 0.348 e. The van der Waals surface area contributed by atoms with E-state index in [0.29, 0.717) is 15.9 Å². The monoisotopic (exact) mass is 358 g/mol. The van der Waals surface area contributed by atoms with E-state index in [9.17, 15) is 4.79 Å². The Labute approximate surface area is 150 Å². The minimum absolute atomic E-state index is 0.00935. The van der Waals surface area contributed by atoms with Gasteiger partial charge in [-0.25, -0.2) is 4.98 Å². The van der Waals surface area contributed by atoms with E-state index in [1.54, 1.807) is 0 Å². The molecule has 3 aromatic rings. The number of aromatic nitrogens is 1. The molecule has 0 spiro atoms. The topological polar surface area (TPSA) is 42.0 Å². The van der Waals surface area contributed by atoms with Crippen molar-refractivity contribution >= 4 is 49.8 Å². The first-order valence-electron chi connectivity index (χ1n) is 8.42. The van der Waals surface area contributed by atoms with E-state index < -0.39 is 0 Å². The minimum atomic E-state index is 0.00935. The number of thiophene rings is 1. The zero-order valence-electron chi connectivity index (χ0n) is 13.5. The number of hydrogen-bond donors (Lipinski definition) is 1. The number of nitrogens with one attached hydrogen (secondary N) is 1. The van der Waals surface area contributed by atoms with Crippen molar-refractivity contribution in [3.63, 3.8) is 0 Å². The summed E-state index contributed by atoms with van der Waals surface area (Å²) in [5.74, 6) is 0.554. The van der Waals surface area contributed by atoms with Gasteiger partial charge in [0.05, 0.1) is 10.4 Å². The van der Waals surface area contributed by atoms with Crippen LogP contribution in [0.25, 0.3) is 21.0 Å². The molecule has 0 bridgehead atoms. The number of hydrogen-bond acceptors (Lipinski definition) is 3. The molecule has 0 radical (unpaired) electrons. The van der Waals surface area contributed by atoms with Crippen LogP contribution in [0, 0.1) is 5.92 Å². The number of para-hydroxylation sites is 1. The van der Waals surface area contributed by atoms with Gasteiger partial charge in [-0.05, 0) is 30.9 Å². The highest BCUT2D eigenvalue weighted by Crippen LogP contribution is 2.36. The van der Waals surface area contributed by atoms with E-state index in [-0.39, 0.29) is 11.9 Å². The number of carbonyl (C=O) groups is 1. The van der Waals surface area contributed by atoms with Crippen LogP contribution in [0.1, 0.15) is 42.3 Å². The lowest BCUT2D eigenvalue weighted by atomic mass is 9.86. The van der Waals surface area contributed by atoms with Crippen molar-refractivity contribution in [3.05, 3.63) is 40.4 Å². The minimum Gasteiger partial charge on any atom is -0.348 e. The van der Waals surface area contributed by atoms with Gasteiger partial charge in [0.15, 0.2) is 0 Å². The lowest BCUT2D eigenvalue weighted by Crippen LogP contribution is -2.40. The molecule has 5 heteroatoms. The van der Waals surface area contributed by atoms with Crippen molar-refractivity contribution in [1.29, 1.82) is 0 Å². The maximum absolute atomic E-state index is 12.7. The van der Waals surface area contributed by atoms with Gasteiger partial charge in [-0.3, -0.25) is 4.79 Å². The SMILES string of the molecule is C[C@H]1CCCC[C@H]1NC(=O)c1cc2c(Cl)nc3ccccc3c2s1. The fraction of sp³-hybridized carbons (Fsp3) is 0.368. The molecule has 1 aromatic carbocycles. The van der Waals surface area contributed by atoms with Crippen LogP contribution in [0.15, 0.2) is 30.3 Å². The van der Waals surface area contributed by atoms with Crippen molar-refractivity contribution in [2.45, 2.75) is 38.6 Å². The quantitative estimate of drug-likeness (QED) is 0.622. The standard InChI is InChI=1S/C19H19ClN2OS/c1-11-6-2-4-8-14(11)22-19(23)16-10-13-17(24-16)12-7-3-5-9-15(12)21-18(13)20/h3,5,7,9-11,14H,2,4,6,8H2,1H3,(H,22,23)/t11-,14+/m0/s1. The average Bonchev–Trinajstić information content (AvgIpc) is 3.03. The second kappa shape index (κ2) is 6.34. The van der Waals surface area contributed by atoms with E-state index in [2.05, 4.69) is 17.2 Å². The van der Waals surface area contributed by atoms with Gasteiger partial charge in [0.25, 0.3) is 5.91 Å². The molecule has 2 atom stereocenters. The lowest BCUT2D eigenvalue weighted by molar-refractivity contribution is 0.0914. The molecule has 3 nitrogen and oxygen atoms in total. The molecular formula is C19H19ClN2OS. The Morgan fingerprint density at radius 1 is 1.25 bits per heavy atom. The summed E-state index contributed by atoms with van der Waals surface area (Å²) in [6.45, 7) is 2.23. The van der Waals surface area contributed by atoms with Crippen molar-refractivity contribution in [3.8, 4) is 0 Å². The summed E-state index contributed by atoms with van der Waals surface area (Å²) < 4.78 is 1.03. The predicted molar refractivity (Wildman–Crippen MR) is 101 cm³/mol. The molecule has 1 aliphatic rings. The molecule has 1 saturated carbocycles. The Hall–Kier alpha value is -1.65. The van der Waals surface area contributed by atoms with Crippen LogP contribution >= 0.6 is 22.9 Å². The molecule has 0 aliphatic heterocycles. The van der Waals surface area contributed by atoms with Gasteiger partial charge >= 0.3 is 0 Å². The third-order valence-corrected chi connectivity index (χ3v) is 6.43. The fourth-order valence-corrected chi connectivity index (χ4v) is 4.95. The second-order valence-corrected chi connectivity index (χ2v) is 8.03. The highest BCUT2D eigenvalue weighted by Gasteiger charge is 2.24. The van der Waals surface area contributed by atoms with Gasteiger partial charge in [0.2, 0.25) is 0 Å². The molecule has 0 unspecified atom stereocenters.